The largest absolute Gasteiger partial charge is 0.488 e. The Bertz CT molecular complexity index is 884. The van der Waals surface area contributed by atoms with Crippen molar-refractivity contribution in [2.75, 3.05) is 0 Å². The fraction of sp³-hybridized carbons (Fsp3) is 0.143. The van der Waals surface area contributed by atoms with E-state index in [-0.39, 0.29) is 11.9 Å². The van der Waals surface area contributed by atoms with Crippen LogP contribution < -0.4 is 10.1 Å². The molecule has 2 aromatic carbocycles. The van der Waals surface area contributed by atoms with Crippen LogP contribution in [-0.4, -0.2) is 10.9 Å². The molecule has 0 fully saturated rings. The summed E-state index contributed by atoms with van der Waals surface area (Å²) < 4.78 is 5.84. The molecule has 0 saturated heterocycles. The molecule has 0 spiro atoms. The van der Waals surface area contributed by atoms with E-state index in [0.29, 0.717) is 22.9 Å². The monoisotopic (exact) mass is 366 g/mol. The smallest absolute Gasteiger partial charge is 0.255 e. The van der Waals surface area contributed by atoms with Gasteiger partial charge in [0.25, 0.3) is 5.91 Å². The van der Waals surface area contributed by atoms with Crippen LogP contribution in [0.3, 0.4) is 0 Å². The molecule has 5 heteroatoms. The summed E-state index contributed by atoms with van der Waals surface area (Å²) in [7, 11) is 0. The summed E-state index contributed by atoms with van der Waals surface area (Å²) in [5, 5.41) is 3.61. The van der Waals surface area contributed by atoms with E-state index >= 15 is 0 Å². The van der Waals surface area contributed by atoms with Crippen LogP contribution in [0.1, 0.15) is 34.5 Å². The Labute approximate surface area is 157 Å². The first-order valence-electron chi connectivity index (χ1n) is 8.31. The van der Waals surface area contributed by atoms with Crippen molar-refractivity contribution < 1.29 is 9.53 Å². The second-order valence-corrected chi connectivity index (χ2v) is 6.26. The lowest BCUT2D eigenvalue weighted by atomic mass is 10.1. The van der Waals surface area contributed by atoms with E-state index in [4.69, 9.17) is 16.3 Å². The zero-order valence-electron chi connectivity index (χ0n) is 14.4. The SMILES string of the molecule is CC(NC(=O)c1ccccc1OCc1ccncc1)c1ccccc1Cl. The predicted molar refractivity (Wildman–Crippen MR) is 102 cm³/mol. The van der Waals surface area contributed by atoms with Crippen LogP contribution >= 0.6 is 11.6 Å². The van der Waals surface area contributed by atoms with Crippen LogP contribution in [0.4, 0.5) is 0 Å². The number of halogens is 1. The van der Waals surface area contributed by atoms with Gasteiger partial charge in [0.15, 0.2) is 0 Å². The standard InChI is InChI=1S/C21H19ClN2O2/c1-15(17-6-2-4-8-19(17)22)24-21(25)18-7-3-5-9-20(18)26-14-16-10-12-23-13-11-16/h2-13,15H,14H2,1H3,(H,24,25). The number of pyridine rings is 1. The first-order chi connectivity index (χ1) is 12.6. The Morgan fingerprint density at radius 2 is 1.77 bits per heavy atom. The lowest BCUT2D eigenvalue weighted by molar-refractivity contribution is 0.0935. The number of hydrogen-bond donors (Lipinski definition) is 1. The number of para-hydroxylation sites is 1. The van der Waals surface area contributed by atoms with Gasteiger partial charge in [0.1, 0.15) is 12.4 Å². The Kier molecular flexibility index (Phi) is 5.87. The highest BCUT2D eigenvalue weighted by Gasteiger charge is 2.17. The fourth-order valence-electron chi connectivity index (χ4n) is 2.60. The molecule has 0 saturated carbocycles. The normalized spacial score (nSPS) is 11.6. The van der Waals surface area contributed by atoms with Crippen LogP contribution in [0.15, 0.2) is 73.1 Å². The topological polar surface area (TPSA) is 51.2 Å². The highest BCUT2D eigenvalue weighted by molar-refractivity contribution is 6.31. The van der Waals surface area contributed by atoms with Gasteiger partial charge in [-0.3, -0.25) is 9.78 Å². The number of ether oxygens (including phenoxy) is 1. The Morgan fingerprint density at radius 3 is 2.54 bits per heavy atom. The number of benzene rings is 2. The number of nitrogens with one attached hydrogen (secondary N) is 1. The number of rotatable bonds is 6. The molecular weight excluding hydrogens is 348 g/mol. The zero-order valence-corrected chi connectivity index (χ0v) is 15.1. The second kappa shape index (κ2) is 8.50. The number of nitrogens with zero attached hydrogens (tertiary/aromatic N) is 1. The molecule has 0 aliphatic heterocycles. The summed E-state index contributed by atoms with van der Waals surface area (Å²) in [6.45, 7) is 2.27. The molecule has 3 aromatic rings. The summed E-state index contributed by atoms with van der Waals surface area (Å²) in [6.07, 6.45) is 3.42. The van der Waals surface area contributed by atoms with E-state index in [1.165, 1.54) is 0 Å². The molecule has 1 aromatic heterocycles. The van der Waals surface area contributed by atoms with Gasteiger partial charge in [-0.05, 0) is 48.4 Å². The van der Waals surface area contributed by atoms with E-state index in [1.807, 2.05) is 55.5 Å². The molecular formula is C21H19ClN2O2. The van der Waals surface area contributed by atoms with Gasteiger partial charge in [-0.15, -0.1) is 0 Å². The van der Waals surface area contributed by atoms with Gasteiger partial charge < -0.3 is 10.1 Å². The van der Waals surface area contributed by atoms with Crippen LogP contribution in [0.25, 0.3) is 0 Å². The predicted octanol–water partition coefficient (Wildman–Crippen LogP) is 4.81. The minimum atomic E-state index is -0.218. The molecule has 132 valence electrons. The van der Waals surface area contributed by atoms with Crippen LogP contribution in [0.5, 0.6) is 5.75 Å². The third-order valence-corrected chi connectivity index (χ3v) is 4.34. The van der Waals surface area contributed by atoms with Crippen molar-refractivity contribution in [3.05, 3.63) is 94.8 Å². The number of aromatic nitrogens is 1. The summed E-state index contributed by atoms with van der Waals surface area (Å²) in [4.78, 5) is 16.7. The van der Waals surface area contributed by atoms with E-state index in [9.17, 15) is 4.79 Å². The van der Waals surface area contributed by atoms with Crippen molar-refractivity contribution in [1.29, 1.82) is 0 Å². The van der Waals surface area contributed by atoms with Gasteiger partial charge in [0, 0.05) is 17.4 Å². The Balaban J connectivity index is 1.72. The third kappa shape index (κ3) is 4.41. The molecule has 1 atom stereocenters. The first-order valence-corrected chi connectivity index (χ1v) is 8.69. The summed E-state index contributed by atoms with van der Waals surface area (Å²) in [5.41, 5.74) is 2.35. The molecule has 26 heavy (non-hydrogen) atoms. The van der Waals surface area contributed by atoms with Gasteiger partial charge in [-0.25, -0.2) is 0 Å². The van der Waals surface area contributed by atoms with Crippen molar-refractivity contribution in [3.63, 3.8) is 0 Å². The Hall–Kier alpha value is -2.85. The molecule has 1 amide bonds. The molecule has 3 rings (SSSR count). The average Bonchev–Trinajstić information content (AvgIpc) is 2.67. The number of carbonyl (C=O) groups is 1. The van der Waals surface area contributed by atoms with E-state index in [1.54, 1.807) is 24.5 Å². The van der Waals surface area contributed by atoms with E-state index in [0.717, 1.165) is 11.1 Å². The molecule has 0 aliphatic carbocycles. The maximum atomic E-state index is 12.7. The highest BCUT2D eigenvalue weighted by atomic mass is 35.5. The van der Waals surface area contributed by atoms with Gasteiger partial charge in [-0.1, -0.05) is 41.9 Å². The zero-order chi connectivity index (χ0) is 18.4. The Morgan fingerprint density at radius 1 is 1.08 bits per heavy atom. The van der Waals surface area contributed by atoms with Crippen LogP contribution in [0, 0.1) is 0 Å². The van der Waals surface area contributed by atoms with Crippen LogP contribution in [0.2, 0.25) is 5.02 Å². The second-order valence-electron chi connectivity index (χ2n) is 5.86. The van der Waals surface area contributed by atoms with E-state index in [2.05, 4.69) is 10.3 Å². The van der Waals surface area contributed by atoms with Crippen LogP contribution in [-0.2, 0) is 6.61 Å². The van der Waals surface area contributed by atoms with Crippen molar-refractivity contribution >= 4 is 17.5 Å². The maximum absolute atomic E-state index is 12.7. The van der Waals surface area contributed by atoms with Crippen molar-refractivity contribution in [2.24, 2.45) is 0 Å². The molecule has 1 N–H and O–H groups in total. The van der Waals surface area contributed by atoms with E-state index < -0.39 is 0 Å². The van der Waals surface area contributed by atoms with Crippen molar-refractivity contribution in [1.82, 2.24) is 10.3 Å². The van der Waals surface area contributed by atoms with Gasteiger partial charge in [0.05, 0.1) is 11.6 Å². The van der Waals surface area contributed by atoms with Gasteiger partial charge in [-0.2, -0.15) is 0 Å². The minimum absolute atomic E-state index is 0.206. The number of carbonyl (C=O) groups excluding carboxylic acids is 1. The maximum Gasteiger partial charge on any atom is 0.255 e. The van der Waals surface area contributed by atoms with Crippen molar-refractivity contribution in [3.8, 4) is 5.75 Å². The molecule has 1 unspecified atom stereocenters. The highest BCUT2D eigenvalue weighted by Crippen LogP contribution is 2.24. The lowest BCUT2D eigenvalue weighted by Crippen LogP contribution is -2.27. The fourth-order valence-corrected chi connectivity index (χ4v) is 2.90. The molecule has 0 radical (unpaired) electrons. The number of amides is 1. The minimum Gasteiger partial charge on any atom is -0.488 e. The van der Waals surface area contributed by atoms with Gasteiger partial charge in [0.2, 0.25) is 0 Å². The average molecular weight is 367 g/mol. The number of hydrogen-bond acceptors (Lipinski definition) is 3. The first kappa shape index (κ1) is 18.0. The molecule has 0 aliphatic rings. The quantitative estimate of drug-likeness (QED) is 0.681. The summed E-state index contributed by atoms with van der Waals surface area (Å²) in [6, 6.07) is 18.2. The summed E-state index contributed by atoms with van der Waals surface area (Å²) >= 11 is 6.22. The molecule has 4 nitrogen and oxygen atoms in total. The summed E-state index contributed by atoms with van der Waals surface area (Å²) in [5.74, 6) is 0.330. The molecule has 0 bridgehead atoms. The third-order valence-electron chi connectivity index (χ3n) is 3.99. The van der Waals surface area contributed by atoms with Gasteiger partial charge >= 0.3 is 0 Å². The molecule has 1 heterocycles. The lowest BCUT2D eigenvalue weighted by Gasteiger charge is -2.17. The van der Waals surface area contributed by atoms with Crippen molar-refractivity contribution in [2.45, 2.75) is 19.6 Å².